The Hall–Kier alpha value is -2.84. The molecular formula is C31H35NSi. The summed E-state index contributed by atoms with van der Waals surface area (Å²) in [7, 11) is -1.69. The van der Waals surface area contributed by atoms with E-state index in [2.05, 4.69) is 109 Å². The van der Waals surface area contributed by atoms with Gasteiger partial charge in [0.2, 0.25) is 0 Å². The lowest BCUT2D eigenvalue weighted by Crippen LogP contribution is -2.39. The van der Waals surface area contributed by atoms with E-state index in [1.807, 2.05) is 0 Å². The van der Waals surface area contributed by atoms with E-state index in [-0.39, 0.29) is 0 Å². The minimum Gasteiger partial charge on any atom is -0.354 e. The first-order valence-corrected chi connectivity index (χ1v) is 15.5. The van der Waals surface area contributed by atoms with Crippen LogP contribution in [0.3, 0.4) is 0 Å². The third kappa shape index (κ3) is 3.35. The molecule has 0 unspecified atom stereocenters. The molecule has 0 aliphatic rings. The second kappa shape index (κ2) is 7.33. The number of benzene rings is 4. The molecule has 1 aromatic heterocycles. The van der Waals surface area contributed by atoms with Crippen molar-refractivity contribution >= 4 is 45.8 Å². The molecule has 4 aromatic carbocycles. The van der Waals surface area contributed by atoms with Gasteiger partial charge in [-0.1, -0.05) is 66.7 Å². The van der Waals surface area contributed by atoms with Crippen molar-refractivity contribution in [2.24, 2.45) is 0 Å². The van der Waals surface area contributed by atoms with Crippen molar-refractivity contribution in [3.63, 3.8) is 0 Å². The Morgan fingerprint density at radius 3 is 1.79 bits per heavy atom. The number of aromatic amines is 1. The van der Waals surface area contributed by atoms with Gasteiger partial charge >= 0.3 is 0 Å². The van der Waals surface area contributed by atoms with E-state index in [4.69, 9.17) is 0 Å². The Morgan fingerprint density at radius 2 is 1.15 bits per heavy atom. The fourth-order valence-corrected chi connectivity index (χ4v) is 8.13. The zero-order valence-electron chi connectivity index (χ0n) is 21.5. The van der Waals surface area contributed by atoms with Crippen LogP contribution in [-0.2, 0) is 0 Å². The van der Waals surface area contributed by atoms with Gasteiger partial charge in [0.05, 0.1) is 13.6 Å². The highest BCUT2D eigenvalue weighted by atomic mass is 28.3. The highest BCUT2D eigenvalue weighted by Gasteiger charge is 2.29. The summed E-state index contributed by atoms with van der Waals surface area (Å²) in [5.41, 5.74) is 13.4. The van der Waals surface area contributed by atoms with Crippen LogP contribution in [0.4, 0.5) is 0 Å². The zero-order valence-corrected chi connectivity index (χ0v) is 22.5. The minimum atomic E-state index is -1.69. The van der Waals surface area contributed by atoms with E-state index in [1.54, 1.807) is 5.19 Å². The topological polar surface area (TPSA) is 15.8 Å². The molecule has 2 heteroatoms. The molecule has 0 saturated carbocycles. The summed E-state index contributed by atoms with van der Waals surface area (Å²) in [6, 6.07) is 16.4. The van der Waals surface area contributed by atoms with Crippen LogP contribution >= 0.6 is 0 Å². The summed E-state index contributed by atoms with van der Waals surface area (Å²) in [6.45, 7) is 21.0. The maximum Gasteiger partial charge on any atom is 0.0793 e. The van der Waals surface area contributed by atoms with Gasteiger partial charge in [0.1, 0.15) is 0 Å². The Morgan fingerprint density at radius 1 is 0.576 bits per heavy atom. The SMILES string of the molecule is Cc1cc(C)c(-c2c3[nH]c4ccc(C)cc4c3c([Si](C)(C)C)c3cc(C)cc(C)c23)c(C)c1. The molecule has 0 saturated heterocycles. The summed E-state index contributed by atoms with van der Waals surface area (Å²) in [5.74, 6) is 0. The Kier molecular flexibility index (Phi) is 4.88. The Balaban J connectivity index is 2.18. The van der Waals surface area contributed by atoms with E-state index >= 15 is 0 Å². The third-order valence-corrected chi connectivity index (χ3v) is 9.15. The van der Waals surface area contributed by atoms with Gasteiger partial charge in [-0.2, -0.15) is 0 Å². The van der Waals surface area contributed by atoms with Crippen molar-refractivity contribution in [3.8, 4) is 11.1 Å². The average molecular weight is 450 g/mol. The van der Waals surface area contributed by atoms with Gasteiger partial charge in [-0.3, -0.25) is 0 Å². The lowest BCUT2D eigenvalue weighted by molar-refractivity contribution is 1.32. The molecule has 168 valence electrons. The minimum absolute atomic E-state index is 1.24. The molecule has 1 heterocycles. The van der Waals surface area contributed by atoms with E-state index in [9.17, 15) is 0 Å². The maximum atomic E-state index is 3.91. The fourth-order valence-electron chi connectivity index (χ4n) is 6.11. The van der Waals surface area contributed by atoms with Gasteiger partial charge in [0.15, 0.2) is 0 Å². The molecule has 0 radical (unpaired) electrons. The molecule has 0 aliphatic heterocycles. The molecule has 1 N–H and O–H groups in total. The molecule has 0 bridgehead atoms. The maximum absolute atomic E-state index is 3.91. The van der Waals surface area contributed by atoms with Crippen molar-refractivity contribution in [1.29, 1.82) is 0 Å². The summed E-state index contributed by atoms with van der Waals surface area (Å²) in [4.78, 5) is 3.91. The third-order valence-electron chi connectivity index (χ3n) is 7.13. The molecule has 33 heavy (non-hydrogen) atoms. The molecule has 5 rings (SSSR count). The highest BCUT2D eigenvalue weighted by Crippen LogP contribution is 2.43. The standard InChI is InChI=1S/C31H35NSi/c1-17-10-11-25-23(15-17)28-30(32-25)29(26-20(4)12-18(2)13-21(26)5)27-22(6)14-19(3)16-24(27)31(28)33(7,8)9/h10-16,32H,1-9H3. The molecule has 5 aromatic rings. The number of hydrogen-bond acceptors (Lipinski definition) is 0. The van der Waals surface area contributed by atoms with Gasteiger partial charge < -0.3 is 4.98 Å². The van der Waals surface area contributed by atoms with Crippen LogP contribution < -0.4 is 5.19 Å². The van der Waals surface area contributed by atoms with Crippen LogP contribution in [0.1, 0.15) is 33.4 Å². The summed E-state index contributed by atoms with van der Waals surface area (Å²) in [5, 5.41) is 7.27. The smallest absolute Gasteiger partial charge is 0.0793 e. The number of hydrogen-bond donors (Lipinski definition) is 1. The molecule has 0 spiro atoms. The monoisotopic (exact) mass is 449 g/mol. The first kappa shape index (κ1) is 22.0. The van der Waals surface area contributed by atoms with E-state index in [0.29, 0.717) is 0 Å². The molecule has 0 aliphatic carbocycles. The Labute approximate surface area is 198 Å². The van der Waals surface area contributed by atoms with E-state index in [1.165, 1.54) is 77.1 Å². The van der Waals surface area contributed by atoms with Crippen molar-refractivity contribution in [1.82, 2.24) is 4.98 Å². The Bertz CT molecular complexity index is 1570. The molecular weight excluding hydrogens is 414 g/mol. The van der Waals surface area contributed by atoms with Crippen molar-refractivity contribution < 1.29 is 0 Å². The number of fused-ring (bicyclic) bond motifs is 4. The van der Waals surface area contributed by atoms with Gasteiger partial charge in [0.25, 0.3) is 0 Å². The molecule has 1 nitrogen and oxygen atoms in total. The predicted molar refractivity (Wildman–Crippen MR) is 150 cm³/mol. The molecule has 0 atom stereocenters. The van der Waals surface area contributed by atoms with Crippen LogP contribution in [-0.4, -0.2) is 13.1 Å². The molecule has 0 amide bonds. The number of rotatable bonds is 2. The quantitative estimate of drug-likeness (QED) is 0.260. The van der Waals surface area contributed by atoms with Gasteiger partial charge in [0, 0.05) is 21.9 Å². The van der Waals surface area contributed by atoms with Crippen LogP contribution in [0.25, 0.3) is 43.7 Å². The summed E-state index contributed by atoms with van der Waals surface area (Å²) in [6.07, 6.45) is 0. The summed E-state index contributed by atoms with van der Waals surface area (Å²) >= 11 is 0. The van der Waals surface area contributed by atoms with Gasteiger partial charge in [-0.25, -0.2) is 0 Å². The van der Waals surface area contributed by atoms with Crippen LogP contribution in [0.5, 0.6) is 0 Å². The van der Waals surface area contributed by atoms with E-state index in [0.717, 1.165) is 0 Å². The number of H-pyrrole nitrogens is 1. The van der Waals surface area contributed by atoms with Crippen molar-refractivity contribution in [2.45, 2.75) is 61.2 Å². The van der Waals surface area contributed by atoms with E-state index < -0.39 is 8.07 Å². The first-order chi connectivity index (χ1) is 15.5. The molecule has 0 fully saturated rings. The van der Waals surface area contributed by atoms with Gasteiger partial charge in [-0.15, -0.1) is 0 Å². The second-order valence-corrected chi connectivity index (χ2v) is 16.2. The average Bonchev–Trinajstić information content (AvgIpc) is 3.03. The van der Waals surface area contributed by atoms with Crippen LogP contribution in [0, 0.1) is 41.5 Å². The predicted octanol–water partition coefficient (Wildman–Crippen LogP) is 8.54. The first-order valence-electron chi connectivity index (χ1n) is 12.0. The normalized spacial score (nSPS) is 12.4. The lowest BCUT2D eigenvalue weighted by atomic mass is 9.86. The summed E-state index contributed by atoms with van der Waals surface area (Å²) < 4.78 is 0. The van der Waals surface area contributed by atoms with Crippen LogP contribution in [0.15, 0.2) is 42.5 Å². The largest absolute Gasteiger partial charge is 0.354 e. The number of aromatic nitrogens is 1. The second-order valence-electron chi connectivity index (χ2n) is 11.2. The lowest BCUT2D eigenvalue weighted by Gasteiger charge is -2.26. The fraction of sp³-hybridized carbons (Fsp3) is 0.290. The van der Waals surface area contributed by atoms with Crippen LogP contribution in [0.2, 0.25) is 19.6 Å². The van der Waals surface area contributed by atoms with Gasteiger partial charge in [-0.05, 0) is 91.9 Å². The number of aryl methyl sites for hydroxylation is 6. The van der Waals surface area contributed by atoms with Crippen molar-refractivity contribution in [3.05, 3.63) is 75.8 Å². The van der Waals surface area contributed by atoms with Crippen molar-refractivity contribution in [2.75, 3.05) is 0 Å². The zero-order chi connectivity index (χ0) is 23.8. The highest BCUT2D eigenvalue weighted by molar-refractivity contribution is 6.92. The number of nitrogens with one attached hydrogen (secondary N) is 1.